The minimum Gasteiger partial charge on any atom is -0.383 e. The van der Waals surface area contributed by atoms with Crippen LogP contribution in [-0.4, -0.2) is 24.0 Å². The lowest BCUT2D eigenvalue weighted by Crippen LogP contribution is -2.12. The van der Waals surface area contributed by atoms with Crippen LogP contribution in [0.15, 0.2) is 12.3 Å². The molecule has 0 spiro atoms. The van der Waals surface area contributed by atoms with Gasteiger partial charge in [-0.3, -0.25) is 0 Å². The number of nitrogen functional groups attached to an aromatic ring is 1. The Morgan fingerprint density at radius 3 is 2.67 bits per heavy atom. The molecule has 3 heteroatoms. The van der Waals surface area contributed by atoms with Crippen molar-refractivity contribution in [1.29, 1.82) is 0 Å². The van der Waals surface area contributed by atoms with Crippen LogP contribution in [0.1, 0.15) is 37.3 Å². The van der Waals surface area contributed by atoms with Gasteiger partial charge in [-0.05, 0) is 43.6 Å². The van der Waals surface area contributed by atoms with Crippen molar-refractivity contribution >= 4 is 5.82 Å². The third-order valence-electron chi connectivity index (χ3n) is 2.65. The molecule has 0 aromatic carbocycles. The van der Waals surface area contributed by atoms with E-state index in [2.05, 4.69) is 43.9 Å². The first-order chi connectivity index (χ1) is 7.04. The highest BCUT2D eigenvalue weighted by Crippen LogP contribution is 2.24. The maximum atomic E-state index is 5.87. The number of nitrogens with zero attached hydrogens (tertiary/aromatic N) is 2. The van der Waals surface area contributed by atoms with E-state index >= 15 is 0 Å². The summed E-state index contributed by atoms with van der Waals surface area (Å²) in [6.45, 7) is 5.27. The largest absolute Gasteiger partial charge is 0.383 e. The van der Waals surface area contributed by atoms with E-state index in [0.29, 0.717) is 11.7 Å². The summed E-state index contributed by atoms with van der Waals surface area (Å²) < 4.78 is 0. The molecule has 1 aromatic heterocycles. The van der Waals surface area contributed by atoms with Crippen LogP contribution in [0.3, 0.4) is 0 Å². The molecule has 0 aliphatic rings. The third-order valence-corrected chi connectivity index (χ3v) is 2.65. The Kier molecular flexibility index (Phi) is 4.09. The van der Waals surface area contributed by atoms with Crippen LogP contribution in [0.2, 0.25) is 0 Å². The van der Waals surface area contributed by atoms with Crippen molar-refractivity contribution < 1.29 is 0 Å². The molecule has 1 aromatic rings. The number of rotatable bonds is 4. The molecule has 0 radical (unpaired) electrons. The average molecular weight is 207 g/mol. The zero-order chi connectivity index (χ0) is 11.4. The molecule has 0 bridgehead atoms. The molecule has 0 aliphatic heterocycles. The van der Waals surface area contributed by atoms with Crippen LogP contribution < -0.4 is 5.73 Å². The van der Waals surface area contributed by atoms with Crippen molar-refractivity contribution in [2.24, 2.45) is 0 Å². The molecule has 0 amide bonds. The van der Waals surface area contributed by atoms with E-state index in [1.54, 1.807) is 0 Å². The summed E-state index contributed by atoms with van der Waals surface area (Å²) in [4.78, 5) is 6.38. The van der Waals surface area contributed by atoms with Crippen molar-refractivity contribution in [3.05, 3.63) is 23.4 Å². The van der Waals surface area contributed by atoms with Crippen LogP contribution in [-0.2, 0) is 6.54 Å². The standard InChI is InChI=1S/C12H21N3/c1-5-9(2)11-6-10(8-15(3)4)7-14-12(11)13/h6-7,9H,5,8H2,1-4H3,(H2,13,14)/t9-/m0/s1. The molecule has 15 heavy (non-hydrogen) atoms. The Hall–Kier alpha value is -1.09. The van der Waals surface area contributed by atoms with Gasteiger partial charge >= 0.3 is 0 Å². The fraction of sp³-hybridized carbons (Fsp3) is 0.583. The summed E-state index contributed by atoms with van der Waals surface area (Å²) in [5.41, 5.74) is 8.28. The van der Waals surface area contributed by atoms with E-state index in [4.69, 9.17) is 5.73 Å². The molecular weight excluding hydrogens is 186 g/mol. The van der Waals surface area contributed by atoms with Crippen LogP contribution in [0, 0.1) is 0 Å². The van der Waals surface area contributed by atoms with E-state index < -0.39 is 0 Å². The van der Waals surface area contributed by atoms with Gasteiger partial charge in [0.2, 0.25) is 0 Å². The van der Waals surface area contributed by atoms with E-state index in [1.165, 1.54) is 11.1 Å². The van der Waals surface area contributed by atoms with Crippen molar-refractivity contribution in [3.63, 3.8) is 0 Å². The normalized spacial score (nSPS) is 13.1. The molecule has 0 saturated heterocycles. The highest BCUT2D eigenvalue weighted by molar-refractivity contribution is 5.43. The summed E-state index contributed by atoms with van der Waals surface area (Å²) in [5, 5.41) is 0. The molecule has 1 heterocycles. The van der Waals surface area contributed by atoms with Gasteiger partial charge in [-0.25, -0.2) is 4.98 Å². The molecule has 1 rings (SSSR count). The number of aromatic nitrogens is 1. The fourth-order valence-electron chi connectivity index (χ4n) is 1.60. The van der Waals surface area contributed by atoms with Gasteiger partial charge in [0.1, 0.15) is 5.82 Å². The topological polar surface area (TPSA) is 42.2 Å². The van der Waals surface area contributed by atoms with Crippen molar-refractivity contribution in [2.45, 2.75) is 32.7 Å². The fourth-order valence-corrected chi connectivity index (χ4v) is 1.60. The maximum absolute atomic E-state index is 5.87. The second kappa shape index (κ2) is 5.12. The first-order valence-corrected chi connectivity index (χ1v) is 5.43. The lowest BCUT2D eigenvalue weighted by atomic mass is 9.98. The van der Waals surface area contributed by atoms with Gasteiger partial charge in [-0.1, -0.05) is 13.8 Å². The van der Waals surface area contributed by atoms with Gasteiger partial charge in [0, 0.05) is 12.7 Å². The van der Waals surface area contributed by atoms with Crippen molar-refractivity contribution in [1.82, 2.24) is 9.88 Å². The van der Waals surface area contributed by atoms with Crippen LogP contribution >= 0.6 is 0 Å². The van der Waals surface area contributed by atoms with Crippen LogP contribution in [0.4, 0.5) is 5.82 Å². The average Bonchev–Trinajstić information content (AvgIpc) is 2.19. The number of hydrogen-bond acceptors (Lipinski definition) is 3. The molecule has 0 unspecified atom stereocenters. The zero-order valence-corrected chi connectivity index (χ0v) is 10.1. The molecule has 0 fully saturated rings. The zero-order valence-electron chi connectivity index (χ0n) is 10.1. The van der Waals surface area contributed by atoms with Gasteiger partial charge in [-0.15, -0.1) is 0 Å². The van der Waals surface area contributed by atoms with Gasteiger partial charge in [0.25, 0.3) is 0 Å². The van der Waals surface area contributed by atoms with E-state index in [0.717, 1.165) is 13.0 Å². The smallest absolute Gasteiger partial charge is 0.126 e. The second-order valence-corrected chi connectivity index (χ2v) is 4.37. The highest BCUT2D eigenvalue weighted by Gasteiger charge is 2.09. The van der Waals surface area contributed by atoms with E-state index in [1.807, 2.05) is 6.20 Å². The lowest BCUT2D eigenvalue weighted by molar-refractivity contribution is 0.401. The predicted molar refractivity (Wildman–Crippen MR) is 64.7 cm³/mol. The lowest BCUT2D eigenvalue weighted by Gasteiger charge is -2.15. The Labute approximate surface area is 92.3 Å². The molecule has 0 saturated carbocycles. The number of nitrogens with two attached hydrogens (primary N) is 1. The second-order valence-electron chi connectivity index (χ2n) is 4.37. The first kappa shape index (κ1) is 12.0. The summed E-state index contributed by atoms with van der Waals surface area (Å²) in [7, 11) is 4.11. The quantitative estimate of drug-likeness (QED) is 0.823. The van der Waals surface area contributed by atoms with Crippen molar-refractivity contribution in [3.8, 4) is 0 Å². The van der Waals surface area contributed by atoms with Gasteiger partial charge in [-0.2, -0.15) is 0 Å². The summed E-state index contributed by atoms with van der Waals surface area (Å²) in [6.07, 6.45) is 2.96. The SMILES string of the molecule is CC[C@H](C)c1cc(CN(C)C)cnc1N. The van der Waals surface area contributed by atoms with Crippen LogP contribution in [0.25, 0.3) is 0 Å². The van der Waals surface area contributed by atoms with E-state index in [-0.39, 0.29) is 0 Å². The number of pyridine rings is 1. The molecule has 3 nitrogen and oxygen atoms in total. The predicted octanol–water partition coefficient (Wildman–Crippen LogP) is 2.24. The van der Waals surface area contributed by atoms with Crippen LogP contribution in [0.5, 0.6) is 0 Å². The molecule has 1 atom stereocenters. The third kappa shape index (κ3) is 3.20. The Morgan fingerprint density at radius 1 is 1.47 bits per heavy atom. The number of hydrogen-bond donors (Lipinski definition) is 1. The Morgan fingerprint density at radius 2 is 2.13 bits per heavy atom. The van der Waals surface area contributed by atoms with Crippen molar-refractivity contribution in [2.75, 3.05) is 19.8 Å². The monoisotopic (exact) mass is 207 g/mol. The summed E-state index contributed by atoms with van der Waals surface area (Å²) in [5.74, 6) is 1.16. The number of anilines is 1. The first-order valence-electron chi connectivity index (χ1n) is 5.43. The van der Waals surface area contributed by atoms with Gasteiger partial charge in [0.15, 0.2) is 0 Å². The minimum absolute atomic E-state index is 0.486. The molecule has 2 N–H and O–H groups in total. The maximum Gasteiger partial charge on any atom is 0.126 e. The minimum atomic E-state index is 0.486. The Balaban J connectivity index is 2.94. The molecular formula is C12H21N3. The summed E-state index contributed by atoms with van der Waals surface area (Å²) in [6, 6.07) is 2.18. The molecule has 0 aliphatic carbocycles. The Bertz CT molecular complexity index is 321. The summed E-state index contributed by atoms with van der Waals surface area (Å²) >= 11 is 0. The molecule has 84 valence electrons. The van der Waals surface area contributed by atoms with Gasteiger partial charge in [0.05, 0.1) is 0 Å². The van der Waals surface area contributed by atoms with E-state index in [9.17, 15) is 0 Å². The van der Waals surface area contributed by atoms with Gasteiger partial charge < -0.3 is 10.6 Å². The highest BCUT2D eigenvalue weighted by atomic mass is 15.0.